The van der Waals surface area contributed by atoms with Gasteiger partial charge in [0, 0.05) is 54.4 Å². The molecule has 1 unspecified atom stereocenters. The van der Waals surface area contributed by atoms with Crippen molar-refractivity contribution in [3.8, 4) is 22.4 Å². The third kappa shape index (κ3) is 5.52. The predicted octanol–water partition coefficient (Wildman–Crippen LogP) is 5.09. The Balaban J connectivity index is 1.33. The number of aromatic nitrogens is 6. The fourth-order valence-electron chi connectivity index (χ4n) is 5.28. The van der Waals surface area contributed by atoms with Crippen molar-refractivity contribution >= 4 is 5.52 Å². The van der Waals surface area contributed by atoms with E-state index in [2.05, 4.69) is 15.1 Å². The Bertz CT molecular complexity index is 1830. The summed E-state index contributed by atoms with van der Waals surface area (Å²) in [5.41, 5.74) is 3.22. The van der Waals surface area contributed by atoms with E-state index < -0.39 is 17.2 Å². The zero-order chi connectivity index (χ0) is 29.3. The molecule has 42 heavy (non-hydrogen) atoms. The maximum absolute atomic E-state index is 14.9. The third-order valence-corrected chi connectivity index (χ3v) is 7.08. The van der Waals surface area contributed by atoms with Crippen LogP contribution >= 0.6 is 0 Å². The fourth-order valence-corrected chi connectivity index (χ4v) is 5.28. The monoisotopic (exact) mass is 569 g/mol. The van der Waals surface area contributed by atoms with Crippen molar-refractivity contribution in [3.05, 3.63) is 127 Å². The molecular formula is C31H26F3N7O. The second kappa shape index (κ2) is 11.2. The van der Waals surface area contributed by atoms with E-state index in [0.29, 0.717) is 12.2 Å². The lowest BCUT2D eigenvalue weighted by Gasteiger charge is -2.33. The van der Waals surface area contributed by atoms with Crippen LogP contribution in [-0.2, 0) is 18.7 Å². The van der Waals surface area contributed by atoms with Crippen molar-refractivity contribution in [1.29, 1.82) is 0 Å². The molecule has 0 bridgehead atoms. The van der Waals surface area contributed by atoms with Gasteiger partial charge in [-0.05, 0) is 66.7 Å². The van der Waals surface area contributed by atoms with E-state index in [1.54, 1.807) is 36.1 Å². The highest BCUT2D eigenvalue weighted by Gasteiger charge is 2.35. The van der Waals surface area contributed by atoms with Crippen LogP contribution in [0.1, 0.15) is 11.1 Å². The molecule has 0 aliphatic heterocycles. The van der Waals surface area contributed by atoms with Gasteiger partial charge in [-0.3, -0.25) is 9.88 Å². The van der Waals surface area contributed by atoms with Crippen LogP contribution in [0.4, 0.5) is 13.2 Å². The van der Waals surface area contributed by atoms with Crippen molar-refractivity contribution in [2.45, 2.75) is 18.7 Å². The molecule has 11 heteroatoms. The van der Waals surface area contributed by atoms with Crippen LogP contribution in [0.15, 0.2) is 98.0 Å². The molecule has 0 aliphatic carbocycles. The summed E-state index contributed by atoms with van der Waals surface area (Å²) in [5.74, 6) is -1.91. The van der Waals surface area contributed by atoms with Crippen molar-refractivity contribution in [2.24, 2.45) is 0 Å². The lowest BCUT2D eigenvalue weighted by atomic mass is 9.92. The number of aliphatic hydroxyl groups is 1. The molecule has 6 rings (SSSR count). The number of nitrogens with zero attached hydrogens (tertiary/aromatic N) is 7. The molecule has 0 spiro atoms. The summed E-state index contributed by atoms with van der Waals surface area (Å²) >= 11 is 0. The molecule has 6 aromatic rings. The molecule has 212 valence electrons. The first-order chi connectivity index (χ1) is 20.3. The van der Waals surface area contributed by atoms with Crippen LogP contribution in [-0.4, -0.2) is 53.0 Å². The highest BCUT2D eigenvalue weighted by Crippen LogP contribution is 2.35. The van der Waals surface area contributed by atoms with Gasteiger partial charge in [-0.1, -0.05) is 12.1 Å². The minimum atomic E-state index is -1.74. The van der Waals surface area contributed by atoms with Gasteiger partial charge < -0.3 is 5.11 Å². The zero-order valence-electron chi connectivity index (χ0n) is 22.6. The standard InChI is InChI=1S/C31H26F3N7O/c1-39(17-31(42,18-40-20-36-19-37-40)26-8-7-25(33)14-27(26)34)15-21-2-9-28-29(22-10-12-35-13-11-22)30(38-41(28)16-21)23-3-5-24(32)6-4-23/h2-14,16,19-20,42H,15,17-18H2,1H3. The van der Waals surface area contributed by atoms with Gasteiger partial charge in [-0.25, -0.2) is 27.4 Å². The second-order valence-electron chi connectivity index (χ2n) is 10.3. The van der Waals surface area contributed by atoms with E-state index in [1.807, 2.05) is 35.4 Å². The van der Waals surface area contributed by atoms with E-state index in [1.165, 1.54) is 35.5 Å². The van der Waals surface area contributed by atoms with Gasteiger partial charge in [0.2, 0.25) is 0 Å². The number of benzene rings is 2. The van der Waals surface area contributed by atoms with Crippen LogP contribution in [0.5, 0.6) is 0 Å². The first-order valence-electron chi connectivity index (χ1n) is 13.2. The van der Waals surface area contributed by atoms with Crippen LogP contribution in [0.25, 0.3) is 27.9 Å². The van der Waals surface area contributed by atoms with Gasteiger partial charge in [-0.2, -0.15) is 10.2 Å². The quantitative estimate of drug-likeness (QED) is 0.261. The molecule has 0 fully saturated rings. The highest BCUT2D eigenvalue weighted by atomic mass is 19.1. The van der Waals surface area contributed by atoms with Crippen LogP contribution < -0.4 is 0 Å². The van der Waals surface area contributed by atoms with E-state index >= 15 is 0 Å². The SMILES string of the molecule is CN(Cc1ccc2c(-c3ccncc3)c(-c3ccc(F)cc3)nn2c1)CC(O)(Cn1cncn1)c1ccc(F)cc1F. The summed E-state index contributed by atoms with van der Waals surface area (Å²) in [6.07, 6.45) is 8.06. The van der Waals surface area contributed by atoms with Crippen LogP contribution in [0, 0.1) is 17.5 Å². The van der Waals surface area contributed by atoms with E-state index in [4.69, 9.17) is 5.10 Å². The predicted molar refractivity (Wildman–Crippen MR) is 150 cm³/mol. The summed E-state index contributed by atoms with van der Waals surface area (Å²) in [5, 5.41) is 20.6. The Morgan fingerprint density at radius 3 is 2.36 bits per heavy atom. The maximum Gasteiger partial charge on any atom is 0.137 e. The molecule has 1 atom stereocenters. The van der Waals surface area contributed by atoms with E-state index in [0.717, 1.165) is 39.9 Å². The lowest BCUT2D eigenvalue weighted by molar-refractivity contribution is -0.0175. The number of rotatable bonds is 9. The number of hydrogen-bond acceptors (Lipinski definition) is 6. The van der Waals surface area contributed by atoms with E-state index in [-0.39, 0.29) is 24.5 Å². The van der Waals surface area contributed by atoms with Crippen LogP contribution in [0.2, 0.25) is 0 Å². The fraction of sp³-hybridized carbons (Fsp3) is 0.161. The summed E-state index contributed by atoms with van der Waals surface area (Å²) in [7, 11) is 1.80. The zero-order valence-corrected chi connectivity index (χ0v) is 22.6. The van der Waals surface area contributed by atoms with Crippen molar-refractivity contribution in [3.63, 3.8) is 0 Å². The molecule has 0 amide bonds. The molecule has 0 saturated carbocycles. The first kappa shape index (κ1) is 27.3. The maximum atomic E-state index is 14.9. The molecular weight excluding hydrogens is 543 g/mol. The van der Waals surface area contributed by atoms with Gasteiger partial charge in [0.25, 0.3) is 0 Å². The smallest absolute Gasteiger partial charge is 0.137 e. The average Bonchev–Trinajstić information content (AvgIpc) is 3.61. The number of pyridine rings is 2. The Morgan fingerprint density at radius 1 is 0.881 bits per heavy atom. The Morgan fingerprint density at radius 2 is 1.64 bits per heavy atom. The molecule has 4 aromatic heterocycles. The topological polar surface area (TPSA) is 84.4 Å². The first-order valence-corrected chi connectivity index (χ1v) is 13.2. The van der Waals surface area contributed by atoms with Crippen LogP contribution in [0.3, 0.4) is 0 Å². The minimum Gasteiger partial charge on any atom is -0.382 e. The number of likely N-dealkylation sites (N-methyl/N-ethyl adjacent to an activating group) is 1. The van der Waals surface area contributed by atoms with Crippen molar-refractivity contribution in [2.75, 3.05) is 13.6 Å². The summed E-state index contributed by atoms with van der Waals surface area (Å²) in [6.45, 7) is 0.304. The van der Waals surface area contributed by atoms with Gasteiger partial charge in [0.1, 0.15) is 41.4 Å². The molecule has 0 saturated heterocycles. The normalized spacial score (nSPS) is 13.1. The Hall–Kier alpha value is -4.87. The summed E-state index contributed by atoms with van der Waals surface area (Å²) in [4.78, 5) is 9.88. The average molecular weight is 570 g/mol. The Kier molecular flexibility index (Phi) is 7.27. The molecule has 0 radical (unpaired) electrons. The van der Waals surface area contributed by atoms with E-state index in [9.17, 15) is 18.3 Å². The van der Waals surface area contributed by atoms with Gasteiger partial charge >= 0.3 is 0 Å². The van der Waals surface area contributed by atoms with Crippen molar-refractivity contribution < 1.29 is 18.3 Å². The number of halogens is 3. The number of fused-ring (bicyclic) bond motifs is 1. The van der Waals surface area contributed by atoms with Gasteiger partial charge in [-0.15, -0.1) is 0 Å². The lowest BCUT2D eigenvalue weighted by Crippen LogP contribution is -2.43. The molecule has 0 aliphatic rings. The van der Waals surface area contributed by atoms with Gasteiger partial charge in [0.15, 0.2) is 0 Å². The summed E-state index contributed by atoms with van der Waals surface area (Å²) in [6, 6.07) is 17.0. The molecule has 4 heterocycles. The van der Waals surface area contributed by atoms with Crippen molar-refractivity contribution in [1.82, 2.24) is 34.3 Å². The largest absolute Gasteiger partial charge is 0.382 e. The molecule has 2 aromatic carbocycles. The number of hydrogen-bond donors (Lipinski definition) is 1. The summed E-state index contributed by atoms with van der Waals surface area (Å²) < 4.78 is 45.4. The highest BCUT2D eigenvalue weighted by molar-refractivity contribution is 5.92. The van der Waals surface area contributed by atoms with Gasteiger partial charge in [0.05, 0.1) is 12.1 Å². The Labute approximate surface area is 239 Å². The molecule has 1 N–H and O–H groups in total. The molecule has 8 nitrogen and oxygen atoms in total. The third-order valence-electron chi connectivity index (χ3n) is 7.08. The minimum absolute atomic E-state index is 0.00957. The second-order valence-corrected chi connectivity index (χ2v) is 10.3.